The topological polar surface area (TPSA) is 66.5 Å². The summed E-state index contributed by atoms with van der Waals surface area (Å²) in [5, 5.41) is 4.05. The molecule has 0 unspecified atom stereocenters. The number of amides is 1. The third-order valence-electron chi connectivity index (χ3n) is 4.69. The van der Waals surface area contributed by atoms with Gasteiger partial charge >= 0.3 is 0 Å². The molecule has 5 nitrogen and oxygen atoms in total. The lowest BCUT2D eigenvalue weighted by molar-refractivity contribution is -0.120. The summed E-state index contributed by atoms with van der Waals surface area (Å²) >= 11 is 21.4. The maximum absolute atomic E-state index is 12.9. The number of sulfonamides is 1. The van der Waals surface area contributed by atoms with Crippen molar-refractivity contribution in [3.8, 4) is 0 Å². The number of halogens is 4. The maximum Gasteiger partial charge on any atom is 0.228 e. The van der Waals surface area contributed by atoms with E-state index in [4.69, 9.17) is 34.8 Å². The number of carbonyl (C=O) groups is 1. The molecule has 1 aliphatic rings. The molecule has 1 amide bonds. The lowest BCUT2D eigenvalue weighted by atomic mass is 9.99. The molecule has 29 heavy (non-hydrogen) atoms. The molecule has 0 radical (unpaired) electrons. The van der Waals surface area contributed by atoms with Crippen LogP contribution in [0.1, 0.15) is 18.4 Å². The summed E-state index contributed by atoms with van der Waals surface area (Å²) in [5.41, 5.74) is 1.04. The lowest BCUT2D eigenvalue weighted by Gasteiger charge is -2.31. The number of nitrogens with zero attached hydrogens (tertiary/aromatic N) is 1. The van der Waals surface area contributed by atoms with Gasteiger partial charge in [-0.1, -0.05) is 40.9 Å². The molecule has 0 bridgehead atoms. The molecular formula is C19H18BrCl3N2O3S. The van der Waals surface area contributed by atoms with Gasteiger partial charge in [0.1, 0.15) is 0 Å². The fraction of sp³-hybridized carbons (Fsp3) is 0.316. The SMILES string of the molecule is O=C(Nc1ccc(Br)c(Cl)c1)[C@H]1CCCN(S(=O)(=O)Cc2ccc(Cl)cc2Cl)C1. The zero-order valence-corrected chi connectivity index (χ0v) is 19.8. The Bertz CT molecular complexity index is 1030. The average Bonchev–Trinajstić information content (AvgIpc) is 2.67. The second kappa shape index (κ2) is 9.54. The van der Waals surface area contributed by atoms with Crippen molar-refractivity contribution in [3.63, 3.8) is 0 Å². The number of rotatable bonds is 5. The molecule has 3 rings (SSSR count). The second-order valence-electron chi connectivity index (χ2n) is 6.81. The molecule has 10 heteroatoms. The molecule has 2 aromatic carbocycles. The van der Waals surface area contributed by atoms with Crippen molar-refractivity contribution in [2.45, 2.75) is 18.6 Å². The van der Waals surface area contributed by atoms with Crippen LogP contribution in [0.5, 0.6) is 0 Å². The van der Waals surface area contributed by atoms with Crippen LogP contribution in [0.25, 0.3) is 0 Å². The molecule has 1 fully saturated rings. The van der Waals surface area contributed by atoms with Crippen LogP contribution < -0.4 is 5.32 Å². The number of anilines is 1. The minimum Gasteiger partial charge on any atom is -0.326 e. The summed E-state index contributed by atoms with van der Waals surface area (Å²) in [6, 6.07) is 9.84. The molecule has 0 aromatic heterocycles. The van der Waals surface area contributed by atoms with Gasteiger partial charge in [-0.3, -0.25) is 4.79 Å². The van der Waals surface area contributed by atoms with E-state index in [2.05, 4.69) is 21.2 Å². The van der Waals surface area contributed by atoms with E-state index >= 15 is 0 Å². The van der Waals surface area contributed by atoms with Gasteiger partial charge in [0.25, 0.3) is 0 Å². The molecule has 1 atom stereocenters. The molecule has 156 valence electrons. The van der Waals surface area contributed by atoms with Crippen LogP contribution in [-0.4, -0.2) is 31.7 Å². The highest BCUT2D eigenvalue weighted by atomic mass is 79.9. The molecule has 1 saturated heterocycles. The molecule has 1 aliphatic heterocycles. The van der Waals surface area contributed by atoms with Crippen LogP contribution in [0.4, 0.5) is 5.69 Å². The molecule has 0 saturated carbocycles. The van der Waals surface area contributed by atoms with Crippen LogP contribution in [-0.2, 0) is 20.6 Å². The molecular weight excluding hydrogens is 523 g/mol. The third-order valence-corrected chi connectivity index (χ3v) is 8.30. The highest BCUT2D eigenvalue weighted by molar-refractivity contribution is 9.10. The quantitative estimate of drug-likeness (QED) is 0.538. The van der Waals surface area contributed by atoms with Gasteiger partial charge in [0, 0.05) is 33.3 Å². The first kappa shape index (κ1) is 22.8. The van der Waals surface area contributed by atoms with Crippen LogP contribution in [0.2, 0.25) is 15.1 Å². The molecule has 0 aliphatic carbocycles. The van der Waals surface area contributed by atoms with Crippen molar-refractivity contribution in [2.75, 3.05) is 18.4 Å². The van der Waals surface area contributed by atoms with Crippen LogP contribution in [0.15, 0.2) is 40.9 Å². The third kappa shape index (κ3) is 5.87. The maximum atomic E-state index is 12.9. The largest absolute Gasteiger partial charge is 0.326 e. The van der Waals surface area contributed by atoms with Crippen LogP contribution in [0, 0.1) is 5.92 Å². The Morgan fingerprint density at radius 1 is 1.14 bits per heavy atom. The Morgan fingerprint density at radius 3 is 2.59 bits per heavy atom. The van der Waals surface area contributed by atoms with Gasteiger partial charge in [-0.25, -0.2) is 12.7 Å². The first-order valence-corrected chi connectivity index (χ1v) is 12.4. The van der Waals surface area contributed by atoms with Gasteiger partial charge in [0.15, 0.2) is 0 Å². The van der Waals surface area contributed by atoms with Crippen molar-refractivity contribution >= 4 is 72.4 Å². The average molecular weight is 541 g/mol. The standard InChI is InChI=1S/C19H18BrCl3N2O3S/c20-16-6-5-15(9-18(16)23)24-19(26)12-2-1-7-25(10-12)29(27,28)11-13-3-4-14(21)8-17(13)22/h3-6,8-9,12H,1-2,7,10-11H2,(H,24,26)/t12-/m0/s1. The van der Waals surface area contributed by atoms with Gasteiger partial charge in [-0.15, -0.1) is 0 Å². The predicted molar refractivity (Wildman–Crippen MR) is 121 cm³/mol. The number of nitrogens with one attached hydrogen (secondary N) is 1. The second-order valence-corrected chi connectivity index (χ2v) is 10.9. The predicted octanol–water partition coefficient (Wildman–Crippen LogP) is 5.59. The van der Waals surface area contributed by atoms with Crippen molar-refractivity contribution < 1.29 is 13.2 Å². The Kier molecular flexibility index (Phi) is 7.51. The lowest BCUT2D eigenvalue weighted by Crippen LogP contribution is -2.44. The zero-order valence-electron chi connectivity index (χ0n) is 15.2. The van der Waals surface area contributed by atoms with E-state index < -0.39 is 15.9 Å². The van der Waals surface area contributed by atoms with Crippen LogP contribution in [0.3, 0.4) is 0 Å². The highest BCUT2D eigenvalue weighted by Crippen LogP contribution is 2.28. The van der Waals surface area contributed by atoms with E-state index in [1.165, 1.54) is 10.4 Å². The van der Waals surface area contributed by atoms with E-state index in [0.717, 1.165) is 4.47 Å². The van der Waals surface area contributed by atoms with Gasteiger partial charge in [0.2, 0.25) is 15.9 Å². The summed E-state index contributed by atoms with van der Waals surface area (Å²) in [7, 11) is -3.62. The van der Waals surface area contributed by atoms with Gasteiger partial charge in [0.05, 0.1) is 16.7 Å². The van der Waals surface area contributed by atoms with Gasteiger partial charge in [-0.05, 0) is 64.7 Å². The minimum atomic E-state index is -3.62. The Morgan fingerprint density at radius 2 is 1.90 bits per heavy atom. The number of benzene rings is 2. The Balaban J connectivity index is 1.68. The smallest absolute Gasteiger partial charge is 0.228 e. The Hall–Kier alpha value is -0.830. The highest BCUT2D eigenvalue weighted by Gasteiger charge is 2.32. The van der Waals surface area contributed by atoms with Crippen molar-refractivity contribution in [1.82, 2.24) is 4.31 Å². The first-order valence-electron chi connectivity index (χ1n) is 8.83. The normalized spacial score (nSPS) is 17.9. The summed E-state index contributed by atoms with van der Waals surface area (Å²) in [5.74, 6) is -0.908. The molecule has 2 aromatic rings. The first-order chi connectivity index (χ1) is 13.7. The monoisotopic (exact) mass is 538 g/mol. The summed E-state index contributed by atoms with van der Waals surface area (Å²) in [4.78, 5) is 12.7. The van der Waals surface area contributed by atoms with E-state index in [0.29, 0.717) is 45.7 Å². The molecule has 1 N–H and O–H groups in total. The van der Waals surface area contributed by atoms with E-state index in [-0.39, 0.29) is 18.2 Å². The molecule has 1 heterocycles. The number of carbonyl (C=O) groups excluding carboxylic acids is 1. The number of hydrogen-bond donors (Lipinski definition) is 1. The van der Waals surface area contributed by atoms with Crippen molar-refractivity contribution in [2.24, 2.45) is 5.92 Å². The zero-order chi connectivity index (χ0) is 21.2. The van der Waals surface area contributed by atoms with Crippen molar-refractivity contribution in [3.05, 3.63) is 61.5 Å². The van der Waals surface area contributed by atoms with Gasteiger partial charge in [-0.2, -0.15) is 0 Å². The van der Waals surface area contributed by atoms with E-state index in [9.17, 15) is 13.2 Å². The Labute approximate surface area is 193 Å². The van der Waals surface area contributed by atoms with Crippen molar-refractivity contribution in [1.29, 1.82) is 0 Å². The van der Waals surface area contributed by atoms with Crippen LogP contribution >= 0.6 is 50.7 Å². The molecule has 0 spiro atoms. The van der Waals surface area contributed by atoms with E-state index in [1.807, 2.05) is 0 Å². The minimum absolute atomic E-state index is 0.129. The summed E-state index contributed by atoms with van der Waals surface area (Å²) < 4.78 is 27.9. The summed E-state index contributed by atoms with van der Waals surface area (Å²) in [6.07, 6.45) is 1.22. The fourth-order valence-electron chi connectivity index (χ4n) is 3.15. The summed E-state index contributed by atoms with van der Waals surface area (Å²) in [6.45, 7) is 0.505. The van der Waals surface area contributed by atoms with E-state index in [1.54, 1.807) is 30.3 Å². The van der Waals surface area contributed by atoms with Gasteiger partial charge < -0.3 is 5.32 Å². The number of hydrogen-bond acceptors (Lipinski definition) is 3. The fourth-order valence-corrected chi connectivity index (χ4v) is 5.78. The number of piperidine rings is 1.